The van der Waals surface area contributed by atoms with Crippen LogP contribution in [0, 0.1) is 3.57 Å². The average Bonchev–Trinajstić information content (AvgIpc) is 2.33. The van der Waals surface area contributed by atoms with Crippen molar-refractivity contribution in [2.75, 3.05) is 4.72 Å². The van der Waals surface area contributed by atoms with Crippen LogP contribution in [0.1, 0.15) is 0 Å². The molecule has 0 aliphatic heterocycles. The van der Waals surface area contributed by atoms with Crippen LogP contribution in [0.5, 0.6) is 0 Å². The number of rotatable bonds is 3. The lowest BCUT2D eigenvalue weighted by Gasteiger charge is -2.09. The lowest BCUT2D eigenvalue weighted by atomic mass is 10.3. The molecule has 1 aromatic heterocycles. The van der Waals surface area contributed by atoms with Gasteiger partial charge in [0.1, 0.15) is 4.90 Å². The van der Waals surface area contributed by atoms with Crippen LogP contribution in [0.15, 0.2) is 46.2 Å². The predicted molar refractivity (Wildman–Crippen MR) is 82.0 cm³/mol. The number of aromatic amines is 1. The second-order valence-corrected chi connectivity index (χ2v) is 6.90. The zero-order chi connectivity index (χ0) is 14.0. The number of pyridine rings is 1. The van der Waals surface area contributed by atoms with Gasteiger partial charge in [-0.25, -0.2) is 8.42 Å². The van der Waals surface area contributed by atoms with Crippen molar-refractivity contribution in [1.82, 2.24) is 4.98 Å². The fourth-order valence-corrected chi connectivity index (χ4v) is 3.58. The fourth-order valence-electron chi connectivity index (χ4n) is 1.34. The molecule has 1 heterocycles. The van der Waals surface area contributed by atoms with Gasteiger partial charge in [-0.3, -0.25) is 9.52 Å². The first-order valence-corrected chi connectivity index (χ1v) is 7.99. The van der Waals surface area contributed by atoms with Gasteiger partial charge in [0, 0.05) is 20.9 Å². The van der Waals surface area contributed by atoms with Crippen LogP contribution in [0.4, 0.5) is 5.69 Å². The summed E-state index contributed by atoms with van der Waals surface area (Å²) in [7, 11) is -3.73. The molecule has 100 valence electrons. The van der Waals surface area contributed by atoms with E-state index in [2.05, 4.69) is 9.71 Å². The summed E-state index contributed by atoms with van der Waals surface area (Å²) in [4.78, 5) is 13.2. The molecule has 19 heavy (non-hydrogen) atoms. The first-order chi connectivity index (χ1) is 8.88. The van der Waals surface area contributed by atoms with Gasteiger partial charge < -0.3 is 4.98 Å². The molecule has 2 aromatic rings. The van der Waals surface area contributed by atoms with Gasteiger partial charge in [-0.15, -0.1) is 0 Å². The highest BCUT2D eigenvalue weighted by molar-refractivity contribution is 14.1. The van der Waals surface area contributed by atoms with Gasteiger partial charge in [0.05, 0.1) is 5.69 Å². The van der Waals surface area contributed by atoms with Crippen molar-refractivity contribution in [3.8, 4) is 0 Å². The average molecular weight is 411 g/mol. The van der Waals surface area contributed by atoms with E-state index in [0.717, 1.165) is 12.3 Å². The summed E-state index contributed by atoms with van der Waals surface area (Å²) in [5.74, 6) is 0. The highest BCUT2D eigenvalue weighted by atomic mass is 127. The summed E-state index contributed by atoms with van der Waals surface area (Å²) < 4.78 is 27.3. The molecule has 0 aliphatic rings. The molecule has 0 amide bonds. The Morgan fingerprint density at radius 2 is 1.95 bits per heavy atom. The van der Waals surface area contributed by atoms with Crippen molar-refractivity contribution >= 4 is 49.9 Å². The van der Waals surface area contributed by atoms with Gasteiger partial charge in [-0.2, -0.15) is 0 Å². The van der Waals surface area contributed by atoms with Crippen LogP contribution in [0.3, 0.4) is 0 Å². The molecular weight excluding hydrogens is 403 g/mol. The van der Waals surface area contributed by atoms with E-state index in [1.54, 1.807) is 18.2 Å². The summed E-state index contributed by atoms with van der Waals surface area (Å²) in [6.07, 6.45) is 1.15. The monoisotopic (exact) mass is 410 g/mol. The topological polar surface area (TPSA) is 79.0 Å². The number of H-pyrrole nitrogens is 1. The lowest BCUT2D eigenvalue weighted by Crippen LogP contribution is -2.15. The van der Waals surface area contributed by atoms with E-state index in [4.69, 9.17) is 11.6 Å². The van der Waals surface area contributed by atoms with Crippen LogP contribution in [0.2, 0.25) is 5.02 Å². The van der Waals surface area contributed by atoms with E-state index in [9.17, 15) is 13.2 Å². The minimum atomic E-state index is -3.73. The number of halogens is 2. The summed E-state index contributed by atoms with van der Waals surface area (Å²) in [5.41, 5.74) is 0.0659. The second-order valence-electron chi connectivity index (χ2n) is 3.62. The second kappa shape index (κ2) is 5.51. The highest BCUT2D eigenvalue weighted by Gasteiger charge is 2.15. The van der Waals surface area contributed by atoms with E-state index < -0.39 is 10.0 Å². The number of benzene rings is 1. The lowest BCUT2D eigenvalue weighted by molar-refractivity contribution is 0.600. The zero-order valence-electron chi connectivity index (χ0n) is 9.35. The van der Waals surface area contributed by atoms with Crippen molar-refractivity contribution in [1.29, 1.82) is 0 Å². The largest absolute Gasteiger partial charge is 0.328 e. The molecule has 0 aliphatic carbocycles. The third kappa shape index (κ3) is 3.48. The van der Waals surface area contributed by atoms with Crippen molar-refractivity contribution < 1.29 is 8.42 Å². The molecule has 0 saturated heterocycles. The van der Waals surface area contributed by atoms with Gasteiger partial charge in [0.25, 0.3) is 10.0 Å². The molecule has 5 nitrogen and oxygen atoms in total. The standard InChI is InChI=1S/C11H8ClIN2O3S/c12-7-1-3-10(9(13)5-7)15-19(17,18)8-2-4-11(16)14-6-8/h1-6,15H,(H,14,16). The van der Waals surface area contributed by atoms with Crippen LogP contribution >= 0.6 is 34.2 Å². The molecule has 1 aromatic carbocycles. The molecule has 0 bridgehead atoms. The summed E-state index contributed by atoms with van der Waals surface area (Å²) in [6.45, 7) is 0. The smallest absolute Gasteiger partial charge is 0.263 e. The quantitative estimate of drug-likeness (QED) is 0.763. The van der Waals surface area contributed by atoms with Crippen molar-refractivity contribution in [3.05, 3.63) is 55.5 Å². The Balaban J connectivity index is 2.36. The molecule has 0 spiro atoms. The molecule has 2 N–H and O–H groups in total. The maximum absolute atomic E-state index is 12.1. The van der Waals surface area contributed by atoms with E-state index in [-0.39, 0.29) is 10.5 Å². The number of sulfonamides is 1. The first kappa shape index (κ1) is 14.4. The molecule has 2 rings (SSSR count). The minimum absolute atomic E-state index is 0.0159. The Labute approximate surface area is 128 Å². The van der Waals surface area contributed by atoms with E-state index in [1.165, 1.54) is 6.07 Å². The molecule has 8 heteroatoms. The minimum Gasteiger partial charge on any atom is -0.328 e. The third-order valence-electron chi connectivity index (χ3n) is 2.24. The van der Waals surface area contributed by atoms with Crippen molar-refractivity contribution in [2.24, 2.45) is 0 Å². The Hall–Kier alpha value is -1.06. The SMILES string of the molecule is O=c1ccc(S(=O)(=O)Nc2ccc(Cl)cc2I)c[nH]1. The van der Waals surface area contributed by atoms with Gasteiger partial charge in [0.15, 0.2) is 0 Å². The van der Waals surface area contributed by atoms with Crippen LogP contribution in [0.25, 0.3) is 0 Å². The van der Waals surface area contributed by atoms with Gasteiger partial charge >= 0.3 is 0 Å². The molecule has 0 unspecified atom stereocenters. The number of hydrogen-bond acceptors (Lipinski definition) is 3. The molecule has 0 radical (unpaired) electrons. The molecule has 0 saturated carbocycles. The number of nitrogens with one attached hydrogen (secondary N) is 2. The third-order valence-corrected chi connectivity index (χ3v) is 4.73. The summed E-state index contributed by atoms with van der Waals surface area (Å²) >= 11 is 7.78. The number of aromatic nitrogens is 1. The molecule has 0 atom stereocenters. The van der Waals surface area contributed by atoms with E-state index in [0.29, 0.717) is 14.3 Å². The number of hydrogen-bond donors (Lipinski definition) is 2. The maximum atomic E-state index is 12.1. The highest BCUT2D eigenvalue weighted by Crippen LogP contribution is 2.24. The predicted octanol–water partition coefficient (Wildman–Crippen LogP) is 2.43. The summed E-state index contributed by atoms with van der Waals surface area (Å²) in [6, 6.07) is 7.21. The van der Waals surface area contributed by atoms with Crippen molar-refractivity contribution in [3.63, 3.8) is 0 Å². The van der Waals surface area contributed by atoms with Gasteiger partial charge in [-0.1, -0.05) is 11.6 Å². The van der Waals surface area contributed by atoms with Gasteiger partial charge in [-0.05, 0) is 46.9 Å². The maximum Gasteiger partial charge on any atom is 0.263 e. The summed E-state index contributed by atoms with van der Waals surface area (Å²) in [5, 5.41) is 0.524. The van der Waals surface area contributed by atoms with E-state index >= 15 is 0 Å². The Morgan fingerprint density at radius 3 is 2.53 bits per heavy atom. The fraction of sp³-hybridized carbons (Fsp3) is 0. The van der Waals surface area contributed by atoms with Crippen LogP contribution in [-0.2, 0) is 10.0 Å². The Morgan fingerprint density at radius 1 is 1.21 bits per heavy atom. The van der Waals surface area contributed by atoms with Crippen molar-refractivity contribution in [2.45, 2.75) is 4.90 Å². The molecule has 0 fully saturated rings. The first-order valence-electron chi connectivity index (χ1n) is 5.05. The normalized spacial score (nSPS) is 11.3. The Kier molecular flexibility index (Phi) is 4.16. The Bertz CT molecular complexity index is 753. The van der Waals surface area contributed by atoms with Crippen LogP contribution in [-0.4, -0.2) is 13.4 Å². The van der Waals surface area contributed by atoms with E-state index in [1.807, 2.05) is 22.6 Å². The van der Waals surface area contributed by atoms with Crippen LogP contribution < -0.4 is 10.3 Å². The zero-order valence-corrected chi connectivity index (χ0v) is 13.1. The van der Waals surface area contributed by atoms with Gasteiger partial charge in [0.2, 0.25) is 5.56 Å². The number of anilines is 1. The molecular formula is C11H8ClIN2O3S.